The van der Waals surface area contributed by atoms with Crippen LogP contribution in [0.15, 0.2) is 36.5 Å². The molecule has 1 amide bonds. The van der Waals surface area contributed by atoms with E-state index in [1.807, 2.05) is 6.92 Å². The summed E-state index contributed by atoms with van der Waals surface area (Å²) in [5, 5.41) is 16.2. The number of hydrogen-bond donors (Lipinski definition) is 2. The maximum atomic E-state index is 13.6. The van der Waals surface area contributed by atoms with E-state index in [1.165, 1.54) is 24.4 Å². The number of nitriles is 1. The van der Waals surface area contributed by atoms with E-state index in [4.69, 9.17) is 16.3 Å². The molecule has 1 aliphatic rings. The lowest BCUT2D eigenvalue weighted by molar-refractivity contribution is -0.115. The van der Waals surface area contributed by atoms with Gasteiger partial charge in [0.25, 0.3) is 0 Å². The molecule has 0 radical (unpaired) electrons. The fraction of sp³-hybridized carbons (Fsp3) is 0.227. The molecule has 3 aromatic rings. The number of ether oxygens (including phenoxy) is 1. The third-order valence-corrected chi connectivity index (χ3v) is 7.89. The van der Waals surface area contributed by atoms with E-state index in [1.54, 1.807) is 33.7 Å². The van der Waals surface area contributed by atoms with Crippen LogP contribution in [0.25, 0.3) is 10.9 Å². The first-order valence-electron chi connectivity index (χ1n) is 9.81. The Morgan fingerprint density at radius 1 is 1.41 bits per heavy atom. The highest BCUT2D eigenvalue weighted by Crippen LogP contribution is 2.40. The van der Waals surface area contributed by atoms with Crippen LogP contribution in [0.4, 0.5) is 21.5 Å². The highest BCUT2D eigenvalue weighted by Gasteiger charge is 2.25. The van der Waals surface area contributed by atoms with E-state index in [0.717, 1.165) is 12.2 Å². The van der Waals surface area contributed by atoms with Crippen LogP contribution in [-0.4, -0.2) is 28.5 Å². The minimum Gasteiger partial charge on any atom is -0.492 e. The van der Waals surface area contributed by atoms with Gasteiger partial charge in [-0.1, -0.05) is 33.2 Å². The van der Waals surface area contributed by atoms with Crippen LogP contribution < -0.4 is 15.4 Å². The van der Waals surface area contributed by atoms with Crippen molar-refractivity contribution in [1.82, 2.24) is 4.98 Å². The van der Waals surface area contributed by atoms with Gasteiger partial charge in [-0.15, -0.1) is 0 Å². The van der Waals surface area contributed by atoms with Gasteiger partial charge in [-0.25, -0.2) is 4.39 Å². The van der Waals surface area contributed by atoms with Gasteiger partial charge in [-0.05, 0) is 37.6 Å². The average molecular weight is 489 g/mol. The first-order chi connectivity index (χ1) is 15.5. The molecular weight excluding hydrogens is 471 g/mol. The van der Waals surface area contributed by atoms with Crippen molar-refractivity contribution in [3.63, 3.8) is 0 Å². The normalized spacial score (nSPS) is 15.4. The number of rotatable bonds is 6. The molecule has 0 unspecified atom stereocenters. The molecule has 164 valence electrons. The van der Waals surface area contributed by atoms with E-state index in [0.29, 0.717) is 45.9 Å². The number of nitrogens with one attached hydrogen (secondary N) is 2. The Bertz CT molecular complexity index is 1230. The number of nitrogens with zero attached hydrogens (tertiary/aromatic N) is 2. The average Bonchev–Trinajstić information content (AvgIpc) is 3.32. The van der Waals surface area contributed by atoms with E-state index < -0.39 is 5.82 Å². The molecule has 0 spiro atoms. The number of halogens is 2. The molecule has 1 atom stereocenters. The van der Waals surface area contributed by atoms with Crippen molar-refractivity contribution in [2.24, 2.45) is 0 Å². The summed E-state index contributed by atoms with van der Waals surface area (Å²) in [4.78, 5) is 17.1. The highest BCUT2D eigenvalue weighted by atomic mass is 35.5. The molecule has 0 saturated carbocycles. The number of carbonyl (C=O) groups excluding carboxylic acids is 1. The molecule has 2 N–H and O–H groups in total. The second-order valence-electron chi connectivity index (χ2n) is 6.90. The smallest absolute Gasteiger partial charge is 0.238 e. The Morgan fingerprint density at radius 2 is 2.25 bits per heavy atom. The summed E-state index contributed by atoms with van der Waals surface area (Å²) in [5.41, 5.74) is 2.36. The van der Waals surface area contributed by atoms with E-state index in [2.05, 4.69) is 21.7 Å². The second-order valence-corrected chi connectivity index (χ2v) is 9.99. The van der Waals surface area contributed by atoms with Gasteiger partial charge < -0.3 is 15.4 Å². The van der Waals surface area contributed by atoms with E-state index in [-0.39, 0.29) is 16.2 Å². The number of hydrogen-bond acceptors (Lipinski definition) is 7. The SMILES string of the molecule is CCOc1cc2ncc(C#N)c(Nc3ccc(F)c(Cl)c3)c2cc1NC(=O)[C@H]1CCSS1. The van der Waals surface area contributed by atoms with Crippen LogP contribution >= 0.6 is 33.2 Å². The predicted molar refractivity (Wildman–Crippen MR) is 129 cm³/mol. The van der Waals surface area contributed by atoms with Crippen molar-refractivity contribution >= 4 is 67.1 Å². The maximum Gasteiger partial charge on any atom is 0.238 e. The van der Waals surface area contributed by atoms with Crippen LogP contribution in [0.3, 0.4) is 0 Å². The number of benzene rings is 2. The van der Waals surface area contributed by atoms with Crippen molar-refractivity contribution in [3.8, 4) is 11.8 Å². The molecule has 1 aliphatic heterocycles. The van der Waals surface area contributed by atoms with E-state index >= 15 is 0 Å². The zero-order chi connectivity index (χ0) is 22.7. The zero-order valence-corrected chi connectivity index (χ0v) is 19.3. The second kappa shape index (κ2) is 9.86. The molecule has 0 aliphatic carbocycles. The van der Waals surface area contributed by atoms with Crippen LogP contribution in [-0.2, 0) is 4.79 Å². The first-order valence-corrected chi connectivity index (χ1v) is 12.6. The molecule has 1 aromatic heterocycles. The molecular formula is C22H18ClFN4O2S2. The van der Waals surface area contributed by atoms with Gasteiger partial charge in [0.15, 0.2) is 0 Å². The third-order valence-electron chi connectivity index (χ3n) is 4.78. The summed E-state index contributed by atoms with van der Waals surface area (Å²) >= 11 is 5.91. The van der Waals surface area contributed by atoms with Crippen molar-refractivity contribution < 1.29 is 13.9 Å². The fourth-order valence-electron chi connectivity index (χ4n) is 3.25. The quantitative estimate of drug-likeness (QED) is 0.403. The summed E-state index contributed by atoms with van der Waals surface area (Å²) in [6.07, 6.45) is 2.26. The van der Waals surface area contributed by atoms with Gasteiger partial charge >= 0.3 is 0 Å². The van der Waals surface area contributed by atoms with Gasteiger partial charge in [0.05, 0.1) is 39.3 Å². The molecule has 0 bridgehead atoms. The van der Waals surface area contributed by atoms with Gasteiger partial charge in [-0.3, -0.25) is 9.78 Å². The lowest BCUT2D eigenvalue weighted by Gasteiger charge is -2.17. The summed E-state index contributed by atoms with van der Waals surface area (Å²) in [6, 6.07) is 9.81. The Morgan fingerprint density at radius 3 is 2.94 bits per heavy atom. The first kappa shape index (κ1) is 22.5. The summed E-state index contributed by atoms with van der Waals surface area (Å²) < 4.78 is 19.3. The van der Waals surface area contributed by atoms with Crippen molar-refractivity contribution in [3.05, 3.63) is 52.9 Å². The lowest BCUT2D eigenvalue weighted by Crippen LogP contribution is -2.23. The summed E-state index contributed by atoms with van der Waals surface area (Å²) in [5.74, 6) is 0.802. The minimum absolute atomic E-state index is 0.0367. The van der Waals surface area contributed by atoms with Crippen LogP contribution in [0.2, 0.25) is 5.02 Å². The van der Waals surface area contributed by atoms with Crippen molar-refractivity contribution in [1.29, 1.82) is 5.26 Å². The fourth-order valence-corrected chi connectivity index (χ4v) is 6.16. The Hall–Kier alpha value is -2.67. The molecule has 10 heteroatoms. The molecule has 4 rings (SSSR count). The van der Waals surface area contributed by atoms with Crippen LogP contribution in [0, 0.1) is 17.1 Å². The van der Waals surface area contributed by atoms with Crippen LogP contribution in [0.1, 0.15) is 18.9 Å². The molecule has 1 saturated heterocycles. The summed E-state index contributed by atoms with van der Waals surface area (Å²) in [6.45, 7) is 2.27. The predicted octanol–water partition coefficient (Wildman–Crippen LogP) is 6.13. The van der Waals surface area contributed by atoms with Gasteiger partial charge in [-0.2, -0.15) is 5.26 Å². The maximum absolute atomic E-state index is 13.6. The molecule has 32 heavy (non-hydrogen) atoms. The molecule has 2 heterocycles. The third kappa shape index (κ3) is 4.72. The van der Waals surface area contributed by atoms with Crippen molar-refractivity contribution in [2.45, 2.75) is 18.6 Å². The topological polar surface area (TPSA) is 87.0 Å². The Kier molecular flexibility index (Phi) is 6.94. The molecule has 1 fully saturated rings. The lowest BCUT2D eigenvalue weighted by atomic mass is 10.1. The Balaban J connectivity index is 1.80. The largest absolute Gasteiger partial charge is 0.492 e. The highest BCUT2D eigenvalue weighted by molar-refractivity contribution is 8.77. The Labute approximate surface area is 197 Å². The summed E-state index contributed by atoms with van der Waals surface area (Å²) in [7, 11) is 3.24. The number of amides is 1. The molecule has 6 nitrogen and oxygen atoms in total. The number of aromatic nitrogens is 1. The standard InChI is InChI=1S/C22H18ClFN4O2S2/c1-2-30-19-9-17-14(8-18(19)28-22(29)20-5-6-31-32-20)21(12(10-25)11-26-17)27-13-3-4-16(24)15(23)7-13/h3-4,7-9,11,20H,2,5-6H2,1H3,(H,26,27)(H,28,29)/t20-/m1/s1. The van der Waals surface area contributed by atoms with E-state index in [9.17, 15) is 14.4 Å². The van der Waals surface area contributed by atoms with Gasteiger partial charge in [0.2, 0.25) is 5.91 Å². The zero-order valence-electron chi connectivity index (χ0n) is 16.9. The molecule has 2 aromatic carbocycles. The van der Waals surface area contributed by atoms with Crippen LogP contribution in [0.5, 0.6) is 5.75 Å². The monoisotopic (exact) mass is 488 g/mol. The van der Waals surface area contributed by atoms with Crippen molar-refractivity contribution in [2.75, 3.05) is 23.0 Å². The van der Waals surface area contributed by atoms with Gasteiger partial charge in [0.1, 0.15) is 17.6 Å². The van der Waals surface area contributed by atoms with Gasteiger partial charge in [0, 0.05) is 29.1 Å². The minimum atomic E-state index is -0.536. The number of pyridine rings is 1. The number of carbonyl (C=O) groups is 1. The number of anilines is 3. The number of fused-ring (bicyclic) bond motifs is 1.